The second kappa shape index (κ2) is 8.79. The molecule has 4 aromatic rings. The molecular formula is C27H24FNO3S. The molecule has 0 unspecified atom stereocenters. The van der Waals surface area contributed by atoms with Gasteiger partial charge in [-0.15, -0.1) is 0 Å². The molecule has 0 aliphatic heterocycles. The van der Waals surface area contributed by atoms with Gasteiger partial charge in [0.1, 0.15) is 5.82 Å². The molecule has 0 N–H and O–H groups in total. The maximum Gasteiger partial charge on any atom is 0.258 e. The zero-order chi connectivity index (χ0) is 23.8. The molecule has 0 aliphatic rings. The number of sulfone groups is 1. The first-order valence-electron chi connectivity index (χ1n) is 10.5. The molecule has 0 amide bonds. The molecule has 0 saturated carbocycles. The summed E-state index contributed by atoms with van der Waals surface area (Å²) >= 11 is 0. The maximum atomic E-state index is 14.7. The number of rotatable bonds is 6. The van der Waals surface area contributed by atoms with E-state index in [1.54, 1.807) is 43.6 Å². The van der Waals surface area contributed by atoms with Gasteiger partial charge in [0.25, 0.3) is 5.56 Å². The fourth-order valence-electron chi connectivity index (χ4n) is 4.16. The summed E-state index contributed by atoms with van der Waals surface area (Å²) in [6.45, 7) is 5.26. The van der Waals surface area contributed by atoms with Crippen LogP contribution in [0.1, 0.15) is 22.3 Å². The van der Waals surface area contributed by atoms with Gasteiger partial charge < -0.3 is 4.57 Å². The number of fused-ring (bicyclic) bond motifs is 1. The molecule has 0 aliphatic carbocycles. The second-order valence-electron chi connectivity index (χ2n) is 8.20. The van der Waals surface area contributed by atoms with Crippen LogP contribution < -0.4 is 5.56 Å². The third-order valence-electron chi connectivity index (χ3n) is 5.80. The van der Waals surface area contributed by atoms with Crippen LogP contribution >= 0.6 is 0 Å². The Morgan fingerprint density at radius 3 is 2.36 bits per heavy atom. The van der Waals surface area contributed by atoms with Crippen molar-refractivity contribution in [3.63, 3.8) is 0 Å². The van der Waals surface area contributed by atoms with Gasteiger partial charge in [-0.1, -0.05) is 55.1 Å². The standard InChI is InChI=1S/C27H24FNO3S/c1-4-33(31,32)17-21-9-7-8-20(15-19-13-12-18(2)14-25(19)28)26(21)24-16-29(3)27(30)23-11-6-5-10-22(23)24/h4-14,16H,1,15,17H2,2-3H3. The van der Waals surface area contributed by atoms with E-state index >= 15 is 0 Å². The predicted molar refractivity (Wildman–Crippen MR) is 131 cm³/mol. The maximum absolute atomic E-state index is 14.7. The zero-order valence-electron chi connectivity index (χ0n) is 18.5. The molecule has 168 valence electrons. The highest BCUT2D eigenvalue weighted by atomic mass is 32.2. The molecule has 0 bridgehead atoms. The van der Waals surface area contributed by atoms with E-state index in [1.165, 1.54) is 10.6 Å². The Bertz CT molecular complexity index is 1550. The largest absolute Gasteiger partial charge is 0.317 e. The molecule has 0 saturated heterocycles. The van der Waals surface area contributed by atoms with Gasteiger partial charge in [0, 0.05) is 36.0 Å². The third kappa shape index (κ3) is 4.52. The lowest BCUT2D eigenvalue weighted by atomic mass is 9.89. The average molecular weight is 462 g/mol. The van der Waals surface area contributed by atoms with Crippen LogP contribution in [0.15, 0.2) is 83.6 Å². The summed E-state index contributed by atoms with van der Waals surface area (Å²) in [5.41, 5.74) is 3.96. The summed E-state index contributed by atoms with van der Waals surface area (Å²) in [7, 11) is -1.89. The minimum Gasteiger partial charge on any atom is -0.317 e. The predicted octanol–water partition coefficient (Wildman–Crippen LogP) is 5.30. The van der Waals surface area contributed by atoms with Crippen LogP contribution in [0.25, 0.3) is 21.9 Å². The van der Waals surface area contributed by atoms with Gasteiger partial charge in [-0.25, -0.2) is 12.8 Å². The molecule has 0 spiro atoms. The highest BCUT2D eigenvalue weighted by Gasteiger charge is 2.20. The van der Waals surface area contributed by atoms with Crippen molar-refractivity contribution in [3.05, 3.63) is 117 Å². The van der Waals surface area contributed by atoms with Crippen molar-refractivity contribution in [2.45, 2.75) is 19.1 Å². The normalized spacial score (nSPS) is 11.6. The molecule has 33 heavy (non-hydrogen) atoms. The van der Waals surface area contributed by atoms with Crippen LogP contribution in [0.3, 0.4) is 0 Å². The van der Waals surface area contributed by atoms with E-state index < -0.39 is 9.84 Å². The average Bonchev–Trinajstić information content (AvgIpc) is 2.78. The Morgan fingerprint density at radius 1 is 0.970 bits per heavy atom. The first kappa shape index (κ1) is 22.7. The van der Waals surface area contributed by atoms with Crippen molar-refractivity contribution in [2.24, 2.45) is 7.05 Å². The molecule has 4 rings (SSSR count). The van der Waals surface area contributed by atoms with E-state index in [0.717, 1.165) is 27.5 Å². The van der Waals surface area contributed by atoms with Crippen LogP contribution in [0.5, 0.6) is 0 Å². The molecule has 3 aromatic carbocycles. The Labute approximate surface area is 192 Å². The number of pyridine rings is 1. The number of hydrogen-bond acceptors (Lipinski definition) is 3. The Balaban J connectivity index is 2.03. The SMILES string of the molecule is C=CS(=O)(=O)Cc1cccc(Cc2ccc(C)cc2F)c1-c1cn(C)c(=O)c2ccccc12. The van der Waals surface area contributed by atoms with Crippen molar-refractivity contribution in [3.8, 4) is 11.1 Å². The van der Waals surface area contributed by atoms with E-state index in [0.29, 0.717) is 22.1 Å². The molecule has 0 atom stereocenters. The summed E-state index contributed by atoms with van der Waals surface area (Å²) in [6, 6.07) is 17.7. The van der Waals surface area contributed by atoms with Crippen molar-refractivity contribution in [1.29, 1.82) is 0 Å². The third-order valence-corrected chi connectivity index (χ3v) is 7.02. The first-order valence-corrected chi connectivity index (χ1v) is 12.2. The number of aryl methyl sites for hydroxylation is 2. The summed E-state index contributed by atoms with van der Waals surface area (Å²) in [6.07, 6.45) is 2.00. The van der Waals surface area contributed by atoms with E-state index in [9.17, 15) is 17.6 Å². The molecular weight excluding hydrogens is 437 g/mol. The number of halogens is 1. The van der Waals surface area contributed by atoms with Crippen LogP contribution in [0.4, 0.5) is 4.39 Å². The van der Waals surface area contributed by atoms with Crippen LogP contribution in [0.2, 0.25) is 0 Å². The van der Waals surface area contributed by atoms with Crippen molar-refractivity contribution < 1.29 is 12.8 Å². The fraction of sp³-hybridized carbons (Fsp3) is 0.148. The van der Waals surface area contributed by atoms with E-state index in [2.05, 4.69) is 6.58 Å². The van der Waals surface area contributed by atoms with Gasteiger partial charge in [-0.2, -0.15) is 0 Å². The Morgan fingerprint density at radius 2 is 1.67 bits per heavy atom. The van der Waals surface area contributed by atoms with Gasteiger partial charge >= 0.3 is 0 Å². The molecule has 6 heteroatoms. The second-order valence-corrected chi connectivity index (χ2v) is 10.1. The van der Waals surface area contributed by atoms with Gasteiger partial charge in [-0.3, -0.25) is 4.79 Å². The van der Waals surface area contributed by atoms with Gasteiger partial charge in [-0.05, 0) is 52.3 Å². The topological polar surface area (TPSA) is 56.1 Å². The Hall–Kier alpha value is -3.51. The van der Waals surface area contributed by atoms with Gasteiger partial charge in [0.15, 0.2) is 9.84 Å². The monoisotopic (exact) mass is 461 g/mol. The molecule has 1 heterocycles. The number of aromatic nitrogens is 1. The lowest BCUT2D eigenvalue weighted by Gasteiger charge is -2.18. The molecule has 0 radical (unpaired) electrons. The van der Waals surface area contributed by atoms with Crippen LogP contribution in [-0.2, 0) is 29.1 Å². The quantitative estimate of drug-likeness (QED) is 0.391. The van der Waals surface area contributed by atoms with Gasteiger partial charge in [0.2, 0.25) is 0 Å². The van der Waals surface area contributed by atoms with Crippen LogP contribution in [0, 0.1) is 12.7 Å². The summed E-state index contributed by atoms with van der Waals surface area (Å²) in [5.74, 6) is -0.553. The number of benzene rings is 3. The Kier molecular flexibility index (Phi) is 6.04. The van der Waals surface area contributed by atoms with Gasteiger partial charge in [0.05, 0.1) is 5.75 Å². The molecule has 1 aromatic heterocycles. The summed E-state index contributed by atoms with van der Waals surface area (Å²) in [5, 5.41) is 2.20. The lowest BCUT2D eigenvalue weighted by molar-refractivity contribution is 0.604. The highest BCUT2D eigenvalue weighted by molar-refractivity contribution is 7.93. The highest BCUT2D eigenvalue weighted by Crippen LogP contribution is 2.35. The minimum absolute atomic E-state index is 0.142. The minimum atomic E-state index is -3.56. The van der Waals surface area contributed by atoms with Crippen molar-refractivity contribution in [1.82, 2.24) is 4.57 Å². The van der Waals surface area contributed by atoms with Crippen LogP contribution in [-0.4, -0.2) is 13.0 Å². The summed E-state index contributed by atoms with van der Waals surface area (Å²) in [4.78, 5) is 12.7. The first-order chi connectivity index (χ1) is 15.7. The zero-order valence-corrected chi connectivity index (χ0v) is 19.3. The summed E-state index contributed by atoms with van der Waals surface area (Å²) < 4.78 is 41.1. The lowest BCUT2D eigenvalue weighted by Crippen LogP contribution is -2.17. The van der Waals surface area contributed by atoms with E-state index in [4.69, 9.17) is 0 Å². The van der Waals surface area contributed by atoms with Crippen molar-refractivity contribution in [2.75, 3.05) is 0 Å². The smallest absolute Gasteiger partial charge is 0.258 e. The molecule has 0 fully saturated rings. The number of nitrogens with zero attached hydrogens (tertiary/aromatic N) is 1. The number of hydrogen-bond donors (Lipinski definition) is 0. The van der Waals surface area contributed by atoms with Crippen molar-refractivity contribution >= 4 is 20.6 Å². The van der Waals surface area contributed by atoms with E-state index in [1.807, 2.05) is 31.2 Å². The fourth-order valence-corrected chi connectivity index (χ4v) is 4.95. The van der Waals surface area contributed by atoms with E-state index in [-0.39, 0.29) is 23.6 Å². The molecule has 4 nitrogen and oxygen atoms in total.